The monoisotopic (exact) mass is 525 g/mol. The summed E-state index contributed by atoms with van der Waals surface area (Å²) >= 11 is 0. The largest absolute Gasteiger partial charge is 0.493 e. The first-order chi connectivity index (χ1) is 18.2. The summed E-state index contributed by atoms with van der Waals surface area (Å²) in [5.74, 6) is 0.292. The number of H-pyrrole nitrogens is 1. The van der Waals surface area contributed by atoms with Crippen LogP contribution in [-0.2, 0) is 17.6 Å². The van der Waals surface area contributed by atoms with Crippen molar-refractivity contribution in [3.8, 4) is 11.5 Å². The molecule has 3 N–H and O–H groups in total. The van der Waals surface area contributed by atoms with E-state index >= 15 is 0 Å². The molecule has 1 saturated heterocycles. The Kier molecular flexibility index (Phi) is 6.62. The Labute approximate surface area is 214 Å². The minimum absolute atomic E-state index is 0.145. The summed E-state index contributed by atoms with van der Waals surface area (Å²) in [5, 5.41) is 11.4. The van der Waals surface area contributed by atoms with Gasteiger partial charge in [-0.3, -0.25) is 19.7 Å². The molecule has 0 aliphatic carbocycles. The molecule has 0 radical (unpaired) electrons. The number of anilines is 1. The predicted molar refractivity (Wildman–Crippen MR) is 131 cm³/mol. The molecule has 0 spiro atoms. The fourth-order valence-electron chi connectivity index (χ4n) is 4.42. The van der Waals surface area contributed by atoms with Crippen LogP contribution >= 0.6 is 0 Å². The number of methoxy groups -OCH3 is 1. The Morgan fingerprint density at radius 3 is 2.74 bits per heavy atom. The zero-order chi connectivity index (χ0) is 26.9. The summed E-state index contributed by atoms with van der Waals surface area (Å²) in [6.07, 6.45) is -1.12. The number of amidine groups is 1. The number of piperidine rings is 1. The Bertz CT molecular complexity index is 1450. The molecule has 1 fully saturated rings. The number of amides is 2. The number of ether oxygens (including phenoxy) is 2. The maximum atomic E-state index is 13.9. The second kappa shape index (κ2) is 10.0. The fourth-order valence-corrected chi connectivity index (χ4v) is 4.42. The molecule has 3 heterocycles. The van der Waals surface area contributed by atoms with Crippen LogP contribution in [0.3, 0.4) is 0 Å². The topological polar surface area (TPSA) is 118 Å². The lowest BCUT2D eigenvalue weighted by atomic mass is 9.85. The number of benzene rings is 2. The van der Waals surface area contributed by atoms with E-state index in [1.165, 1.54) is 31.5 Å². The average Bonchev–Trinajstić information content (AvgIpc) is 3.58. The molecular formula is C26H22F3N5O4. The summed E-state index contributed by atoms with van der Waals surface area (Å²) in [6, 6.07) is 9.83. The van der Waals surface area contributed by atoms with Gasteiger partial charge in [-0.25, -0.2) is 0 Å². The Morgan fingerprint density at radius 2 is 2.00 bits per heavy atom. The third kappa shape index (κ3) is 5.10. The highest BCUT2D eigenvalue weighted by Crippen LogP contribution is 2.39. The molecular weight excluding hydrogens is 503 g/mol. The molecule has 3 aromatic rings. The Hall–Kier alpha value is -4.61. The SMILES string of the molecule is COc1cc(C2CC(=O)NC3=NCC=C32)ccc1OCc1ccc(C(=O)Nc2ccn[nH]2)cc1C(F)(F)F. The van der Waals surface area contributed by atoms with Crippen molar-refractivity contribution in [3.63, 3.8) is 0 Å². The summed E-state index contributed by atoms with van der Waals surface area (Å²) in [6.45, 7) is 0.0751. The number of halogens is 3. The minimum atomic E-state index is -4.72. The number of aromatic amines is 1. The lowest BCUT2D eigenvalue weighted by Gasteiger charge is -2.26. The van der Waals surface area contributed by atoms with Gasteiger partial charge in [-0.15, -0.1) is 0 Å². The molecule has 2 amide bonds. The maximum Gasteiger partial charge on any atom is 0.416 e. The van der Waals surface area contributed by atoms with Crippen molar-refractivity contribution in [2.24, 2.45) is 4.99 Å². The van der Waals surface area contributed by atoms with Crippen LogP contribution in [0.15, 0.2) is 65.3 Å². The smallest absolute Gasteiger partial charge is 0.416 e. The number of hydrogen-bond acceptors (Lipinski definition) is 6. The Morgan fingerprint density at radius 1 is 1.16 bits per heavy atom. The number of carbonyl (C=O) groups is 2. The van der Waals surface area contributed by atoms with Crippen molar-refractivity contribution in [2.75, 3.05) is 19.0 Å². The van der Waals surface area contributed by atoms with E-state index in [4.69, 9.17) is 9.47 Å². The van der Waals surface area contributed by atoms with E-state index < -0.39 is 24.3 Å². The number of fused-ring (bicyclic) bond motifs is 1. The molecule has 38 heavy (non-hydrogen) atoms. The number of nitrogens with zero attached hydrogens (tertiary/aromatic N) is 2. The van der Waals surface area contributed by atoms with Crippen molar-refractivity contribution < 1.29 is 32.2 Å². The van der Waals surface area contributed by atoms with Crippen LogP contribution in [0.1, 0.15) is 39.4 Å². The van der Waals surface area contributed by atoms with E-state index in [0.29, 0.717) is 18.1 Å². The first-order valence-electron chi connectivity index (χ1n) is 11.6. The molecule has 12 heteroatoms. The minimum Gasteiger partial charge on any atom is -0.493 e. The molecule has 5 rings (SSSR count). The van der Waals surface area contributed by atoms with Crippen LogP contribution in [0.5, 0.6) is 11.5 Å². The van der Waals surface area contributed by atoms with E-state index in [9.17, 15) is 22.8 Å². The van der Waals surface area contributed by atoms with Gasteiger partial charge in [-0.05, 0) is 29.8 Å². The van der Waals surface area contributed by atoms with Gasteiger partial charge in [-0.2, -0.15) is 18.3 Å². The van der Waals surface area contributed by atoms with Gasteiger partial charge >= 0.3 is 6.18 Å². The van der Waals surface area contributed by atoms with E-state index in [1.807, 2.05) is 6.08 Å². The fraction of sp³-hybridized carbons (Fsp3) is 0.231. The van der Waals surface area contributed by atoms with Gasteiger partial charge in [0.15, 0.2) is 11.5 Å². The van der Waals surface area contributed by atoms with E-state index in [0.717, 1.165) is 17.2 Å². The third-order valence-corrected chi connectivity index (χ3v) is 6.26. The van der Waals surface area contributed by atoms with Crippen molar-refractivity contribution in [2.45, 2.75) is 25.1 Å². The number of rotatable bonds is 7. The number of nitrogens with one attached hydrogen (secondary N) is 3. The molecule has 2 aromatic carbocycles. The molecule has 0 saturated carbocycles. The number of aliphatic imine (C=N–C) groups is 1. The lowest BCUT2D eigenvalue weighted by molar-refractivity contribution is -0.138. The number of carbonyl (C=O) groups excluding carboxylic acids is 2. The summed E-state index contributed by atoms with van der Waals surface area (Å²) in [5.41, 5.74) is 0.416. The van der Waals surface area contributed by atoms with Crippen LogP contribution < -0.4 is 20.1 Å². The van der Waals surface area contributed by atoms with Gasteiger partial charge in [0, 0.05) is 35.1 Å². The van der Waals surface area contributed by atoms with Gasteiger partial charge in [0.1, 0.15) is 18.3 Å². The molecule has 1 aromatic heterocycles. The molecule has 1 atom stereocenters. The summed E-state index contributed by atoms with van der Waals surface area (Å²) in [4.78, 5) is 28.8. The second-order valence-electron chi connectivity index (χ2n) is 8.65. The number of aromatic nitrogens is 2. The predicted octanol–water partition coefficient (Wildman–Crippen LogP) is 4.21. The first-order valence-corrected chi connectivity index (χ1v) is 11.6. The van der Waals surface area contributed by atoms with Gasteiger partial charge in [0.2, 0.25) is 5.91 Å². The van der Waals surface area contributed by atoms with Crippen molar-refractivity contribution >= 4 is 23.5 Å². The van der Waals surface area contributed by atoms with Crippen LogP contribution in [0, 0.1) is 0 Å². The first kappa shape index (κ1) is 25.1. The standard InChI is InChI=1S/C26H22F3N5O4/c1-37-21-11-14(18-12-23(35)33-24-17(18)6-8-30-24)4-5-20(21)38-13-16-3-2-15(10-19(16)26(27,28)29)25(36)32-22-7-9-31-34-22/h2-7,9-11,18H,8,12-13H2,1H3,(H,30,33,35)(H2,31,32,34,36). The van der Waals surface area contributed by atoms with Gasteiger partial charge in [0.25, 0.3) is 5.91 Å². The lowest BCUT2D eigenvalue weighted by Crippen LogP contribution is -2.38. The second-order valence-corrected chi connectivity index (χ2v) is 8.65. The number of alkyl halides is 3. The summed E-state index contributed by atoms with van der Waals surface area (Å²) in [7, 11) is 1.43. The van der Waals surface area contributed by atoms with Crippen LogP contribution in [0.2, 0.25) is 0 Å². The highest BCUT2D eigenvalue weighted by atomic mass is 19.4. The van der Waals surface area contributed by atoms with Crippen LogP contribution in [0.25, 0.3) is 0 Å². The zero-order valence-corrected chi connectivity index (χ0v) is 20.1. The Balaban J connectivity index is 1.36. The summed E-state index contributed by atoms with van der Waals surface area (Å²) < 4.78 is 52.8. The molecule has 9 nitrogen and oxygen atoms in total. The highest BCUT2D eigenvalue weighted by molar-refractivity contribution is 6.12. The van der Waals surface area contributed by atoms with Crippen LogP contribution in [0.4, 0.5) is 19.0 Å². The average molecular weight is 525 g/mol. The third-order valence-electron chi connectivity index (χ3n) is 6.26. The number of hydrogen-bond donors (Lipinski definition) is 3. The maximum absolute atomic E-state index is 13.9. The normalized spacial score (nSPS) is 16.7. The van der Waals surface area contributed by atoms with E-state index in [1.54, 1.807) is 18.2 Å². The molecule has 2 aliphatic heterocycles. The van der Waals surface area contributed by atoms with Gasteiger partial charge in [-0.1, -0.05) is 18.2 Å². The molecule has 196 valence electrons. The molecule has 1 unspecified atom stereocenters. The molecule has 0 bridgehead atoms. The quantitative estimate of drug-likeness (QED) is 0.427. The van der Waals surface area contributed by atoms with Crippen LogP contribution in [-0.4, -0.2) is 41.5 Å². The zero-order valence-electron chi connectivity index (χ0n) is 20.1. The van der Waals surface area contributed by atoms with Crippen molar-refractivity contribution in [1.29, 1.82) is 0 Å². The van der Waals surface area contributed by atoms with Crippen molar-refractivity contribution in [3.05, 3.63) is 82.6 Å². The highest BCUT2D eigenvalue weighted by Gasteiger charge is 2.35. The van der Waals surface area contributed by atoms with E-state index in [-0.39, 0.29) is 40.9 Å². The van der Waals surface area contributed by atoms with Gasteiger partial charge < -0.3 is 20.1 Å². The molecule has 2 aliphatic rings. The van der Waals surface area contributed by atoms with E-state index in [2.05, 4.69) is 25.8 Å². The van der Waals surface area contributed by atoms with Gasteiger partial charge in [0.05, 0.1) is 25.4 Å². The van der Waals surface area contributed by atoms with Crippen molar-refractivity contribution in [1.82, 2.24) is 15.5 Å².